The molecule has 0 aromatic carbocycles. The molecule has 0 aliphatic carbocycles. The van der Waals surface area contributed by atoms with Crippen LogP contribution in [0, 0.1) is 0 Å². The monoisotopic (exact) mass is 256 g/mol. The summed E-state index contributed by atoms with van der Waals surface area (Å²) in [6, 6.07) is 0. The van der Waals surface area contributed by atoms with E-state index in [1.807, 2.05) is 20.8 Å². The molecule has 106 valence electrons. The molecule has 3 nitrogen and oxygen atoms in total. The van der Waals surface area contributed by atoms with Crippen molar-refractivity contribution in [3.63, 3.8) is 0 Å². The van der Waals surface area contributed by atoms with Gasteiger partial charge < -0.3 is 9.47 Å². The molecule has 1 fully saturated rings. The zero-order valence-electron chi connectivity index (χ0n) is 12.4. The van der Waals surface area contributed by atoms with Crippen molar-refractivity contribution < 1.29 is 14.3 Å². The quantitative estimate of drug-likeness (QED) is 0.357. The number of hydrogen-bond donors (Lipinski definition) is 0. The average molecular weight is 256 g/mol. The maximum atomic E-state index is 12.0. The molecule has 0 radical (unpaired) electrons. The second-order valence-corrected chi connectivity index (χ2v) is 5.40. The first kappa shape index (κ1) is 15.5. The minimum atomic E-state index is -0.659. The maximum absolute atomic E-state index is 12.0. The van der Waals surface area contributed by atoms with Crippen LogP contribution in [0.5, 0.6) is 0 Å². The SMILES string of the molecule is CCCCCCCC1(C)OC1(CC)C(=O)OCC. The van der Waals surface area contributed by atoms with Gasteiger partial charge in [-0.1, -0.05) is 46.0 Å². The number of carbonyl (C=O) groups is 1. The van der Waals surface area contributed by atoms with E-state index in [2.05, 4.69) is 6.92 Å². The number of carbonyl (C=O) groups excluding carboxylic acids is 1. The molecule has 0 aromatic rings. The Morgan fingerprint density at radius 3 is 2.33 bits per heavy atom. The highest BCUT2D eigenvalue weighted by molar-refractivity contribution is 5.84. The molecule has 1 rings (SSSR count). The van der Waals surface area contributed by atoms with E-state index in [1.54, 1.807) is 0 Å². The van der Waals surface area contributed by atoms with Gasteiger partial charge in [-0.15, -0.1) is 0 Å². The highest BCUT2D eigenvalue weighted by Gasteiger charge is 2.71. The minimum Gasteiger partial charge on any atom is -0.464 e. The van der Waals surface area contributed by atoms with Crippen LogP contribution in [-0.4, -0.2) is 23.8 Å². The van der Waals surface area contributed by atoms with Gasteiger partial charge in [-0.05, 0) is 26.7 Å². The summed E-state index contributed by atoms with van der Waals surface area (Å²) in [4.78, 5) is 12.0. The number of ether oxygens (including phenoxy) is 2. The van der Waals surface area contributed by atoms with E-state index in [1.165, 1.54) is 25.7 Å². The Bertz CT molecular complexity index is 277. The Kier molecular flexibility index (Phi) is 5.64. The molecule has 0 spiro atoms. The largest absolute Gasteiger partial charge is 0.464 e. The second-order valence-electron chi connectivity index (χ2n) is 5.40. The number of hydrogen-bond acceptors (Lipinski definition) is 3. The van der Waals surface area contributed by atoms with Gasteiger partial charge in [0, 0.05) is 0 Å². The summed E-state index contributed by atoms with van der Waals surface area (Å²) in [5.74, 6) is -0.177. The van der Waals surface area contributed by atoms with Gasteiger partial charge in [0.1, 0.15) is 5.60 Å². The van der Waals surface area contributed by atoms with Crippen LogP contribution in [0.15, 0.2) is 0 Å². The maximum Gasteiger partial charge on any atom is 0.341 e. The van der Waals surface area contributed by atoms with Gasteiger partial charge in [-0.3, -0.25) is 0 Å². The molecule has 1 saturated heterocycles. The molecule has 2 atom stereocenters. The lowest BCUT2D eigenvalue weighted by Crippen LogP contribution is -2.34. The molecule has 18 heavy (non-hydrogen) atoms. The first-order chi connectivity index (χ1) is 8.56. The molecule has 0 amide bonds. The van der Waals surface area contributed by atoms with E-state index < -0.39 is 5.60 Å². The lowest BCUT2D eigenvalue weighted by Gasteiger charge is -2.14. The van der Waals surface area contributed by atoms with Crippen molar-refractivity contribution in [2.24, 2.45) is 0 Å². The highest BCUT2D eigenvalue weighted by atomic mass is 16.7. The van der Waals surface area contributed by atoms with Crippen LogP contribution in [-0.2, 0) is 14.3 Å². The zero-order chi connectivity index (χ0) is 13.6. The lowest BCUT2D eigenvalue weighted by molar-refractivity contribution is -0.149. The third kappa shape index (κ3) is 3.05. The van der Waals surface area contributed by atoms with Gasteiger partial charge in [-0.2, -0.15) is 0 Å². The van der Waals surface area contributed by atoms with Crippen molar-refractivity contribution in [1.29, 1.82) is 0 Å². The Balaban J connectivity index is 2.39. The minimum absolute atomic E-state index is 0.177. The fourth-order valence-electron chi connectivity index (χ4n) is 2.77. The van der Waals surface area contributed by atoms with Crippen molar-refractivity contribution in [1.82, 2.24) is 0 Å². The van der Waals surface area contributed by atoms with Gasteiger partial charge in [0.2, 0.25) is 0 Å². The highest BCUT2D eigenvalue weighted by Crippen LogP contribution is 2.54. The van der Waals surface area contributed by atoms with Crippen molar-refractivity contribution in [2.75, 3.05) is 6.61 Å². The standard InChI is InChI=1S/C15H28O3/c1-5-8-9-10-11-12-14(4)15(6-2,18-14)13(16)17-7-3/h5-12H2,1-4H3. The van der Waals surface area contributed by atoms with Crippen molar-refractivity contribution in [3.05, 3.63) is 0 Å². The second kappa shape index (κ2) is 6.55. The summed E-state index contributed by atoms with van der Waals surface area (Å²) < 4.78 is 10.9. The Hall–Kier alpha value is -0.570. The third-order valence-electron chi connectivity index (χ3n) is 4.07. The van der Waals surface area contributed by atoms with E-state index >= 15 is 0 Å². The Labute approximate surface area is 111 Å². The summed E-state index contributed by atoms with van der Waals surface area (Å²) in [7, 11) is 0. The van der Waals surface area contributed by atoms with Gasteiger partial charge in [0.25, 0.3) is 0 Å². The predicted octanol–water partition coefficient (Wildman–Crippen LogP) is 3.85. The molecule has 0 bridgehead atoms. The molecule has 1 aliphatic rings. The Morgan fingerprint density at radius 1 is 1.11 bits per heavy atom. The predicted molar refractivity (Wildman–Crippen MR) is 72.5 cm³/mol. The van der Waals surface area contributed by atoms with Crippen LogP contribution in [0.2, 0.25) is 0 Å². The van der Waals surface area contributed by atoms with Crippen LogP contribution < -0.4 is 0 Å². The summed E-state index contributed by atoms with van der Waals surface area (Å²) in [5, 5.41) is 0. The van der Waals surface area contributed by atoms with Crippen molar-refractivity contribution in [2.45, 2.75) is 83.8 Å². The molecule has 3 heteroatoms. The van der Waals surface area contributed by atoms with E-state index in [0.717, 1.165) is 12.8 Å². The van der Waals surface area contributed by atoms with Crippen molar-refractivity contribution in [3.8, 4) is 0 Å². The van der Waals surface area contributed by atoms with Gasteiger partial charge in [0.15, 0.2) is 5.60 Å². The molecule has 2 unspecified atom stereocenters. The molecular weight excluding hydrogens is 228 g/mol. The van der Waals surface area contributed by atoms with E-state index in [0.29, 0.717) is 13.0 Å². The number of esters is 1. The van der Waals surface area contributed by atoms with E-state index in [-0.39, 0.29) is 11.6 Å². The van der Waals surface area contributed by atoms with Gasteiger partial charge >= 0.3 is 5.97 Å². The van der Waals surface area contributed by atoms with Crippen molar-refractivity contribution >= 4 is 5.97 Å². The molecule has 0 N–H and O–H groups in total. The fraction of sp³-hybridized carbons (Fsp3) is 0.933. The Morgan fingerprint density at radius 2 is 1.78 bits per heavy atom. The van der Waals surface area contributed by atoms with Gasteiger partial charge in [0.05, 0.1) is 6.61 Å². The molecule has 0 aromatic heterocycles. The number of unbranched alkanes of at least 4 members (excludes halogenated alkanes) is 4. The first-order valence-corrected chi connectivity index (χ1v) is 7.43. The molecule has 1 aliphatic heterocycles. The summed E-state index contributed by atoms with van der Waals surface area (Å²) in [6.07, 6.45) is 7.88. The summed E-state index contributed by atoms with van der Waals surface area (Å²) in [5.41, 5.74) is -0.950. The third-order valence-corrected chi connectivity index (χ3v) is 4.07. The number of epoxide rings is 1. The van der Waals surface area contributed by atoms with E-state index in [9.17, 15) is 4.79 Å². The fourth-order valence-corrected chi connectivity index (χ4v) is 2.77. The topological polar surface area (TPSA) is 38.8 Å². The van der Waals surface area contributed by atoms with Crippen LogP contribution in [0.3, 0.4) is 0 Å². The van der Waals surface area contributed by atoms with Crippen LogP contribution in [0.25, 0.3) is 0 Å². The smallest absolute Gasteiger partial charge is 0.341 e. The van der Waals surface area contributed by atoms with E-state index in [4.69, 9.17) is 9.47 Å². The van der Waals surface area contributed by atoms with Gasteiger partial charge in [-0.25, -0.2) is 4.79 Å². The summed E-state index contributed by atoms with van der Waals surface area (Å²) in [6.45, 7) is 8.53. The number of rotatable bonds is 9. The molecule has 0 saturated carbocycles. The van der Waals surface area contributed by atoms with Crippen LogP contribution in [0.4, 0.5) is 0 Å². The first-order valence-electron chi connectivity index (χ1n) is 7.43. The van der Waals surface area contributed by atoms with Crippen LogP contribution in [0.1, 0.15) is 72.6 Å². The lowest BCUT2D eigenvalue weighted by atomic mass is 9.87. The van der Waals surface area contributed by atoms with Crippen LogP contribution >= 0.6 is 0 Å². The summed E-state index contributed by atoms with van der Waals surface area (Å²) >= 11 is 0. The normalized spacial score (nSPS) is 30.2. The zero-order valence-corrected chi connectivity index (χ0v) is 12.4. The average Bonchev–Trinajstić information content (AvgIpc) is 2.97. The molecular formula is C15H28O3. The molecule has 1 heterocycles.